The molecule has 1 atom stereocenters. The molecule has 18 heavy (non-hydrogen) atoms. The summed E-state index contributed by atoms with van der Waals surface area (Å²) < 4.78 is 31.3. The number of benzene rings is 1. The van der Waals surface area contributed by atoms with Crippen molar-refractivity contribution in [2.24, 2.45) is 5.73 Å². The van der Waals surface area contributed by atoms with Crippen LogP contribution in [0.25, 0.3) is 0 Å². The summed E-state index contributed by atoms with van der Waals surface area (Å²) in [5, 5.41) is 8.47. The second kappa shape index (κ2) is 5.54. The maximum atomic E-state index is 13.5. The summed E-state index contributed by atoms with van der Waals surface area (Å²) in [5.41, 5.74) is 4.69. The van der Waals surface area contributed by atoms with E-state index in [4.69, 9.17) is 10.8 Å². The third kappa shape index (κ3) is 3.01. The van der Waals surface area contributed by atoms with Gasteiger partial charge in [0.2, 0.25) is 0 Å². The fraction of sp³-hybridized carbons (Fsp3) is 0.273. The Hall–Kier alpha value is -2.02. The SMILES string of the molecule is COc1cc(F)c(C(=O)C(N)CC(=O)O)cc1F. The fourth-order valence-corrected chi connectivity index (χ4v) is 1.35. The highest BCUT2D eigenvalue weighted by Crippen LogP contribution is 2.22. The molecule has 0 saturated carbocycles. The van der Waals surface area contributed by atoms with Crippen LogP contribution in [-0.2, 0) is 4.79 Å². The molecule has 0 heterocycles. The highest BCUT2D eigenvalue weighted by atomic mass is 19.1. The van der Waals surface area contributed by atoms with E-state index in [-0.39, 0.29) is 5.75 Å². The summed E-state index contributed by atoms with van der Waals surface area (Å²) in [5.74, 6) is -4.57. The molecule has 5 nitrogen and oxygen atoms in total. The third-order valence-electron chi connectivity index (χ3n) is 2.24. The van der Waals surface area contributed by atoms with Crippen LogP contribution in [0.5, 0.6) is 5.75 Å². The Morgan fingerprint density at radius 1 is 1.39 bits per heavy atom. The van der Waals surface area contributed by atoms with Crippen LogP contribution in [0.2, 0.25) is 0 Å². The Morgan fingerprint density at radius 3 is 2.50 bits per heavy atom. The van der Waals surface area contributed by atoms with Crippen molar-refractivity contribution < 1.29 is 28.2 Å². The largest absolute Gasteiger partial charge is 0.494 e. The zero-order valence-electron chi connectivity index (χ0n) is 9.44. The number of methoxy groups -OCH3 is 1. The van der Waals surface area contributed by atoms with Gasteiger partial charge in [-0.15, -0.1) is 0 Å². The summed E-state index contributed by atoms with van der Waals surface area (Å²) in [4.78, 5) is 22.0. The number of Topliss-reactive ketones (excluding diaryl/α,β-unsaturated/α-hetero) is 1. The van der Waals surface area contributed by atoms with Gasteiger partial charge >= 0.3 is 5.97 Å². The van der Waals surface area contributed by atoms with Gasteiger partial charge in [-0.1, -0.05) is 0 Å². The minimum Gasteiger partial charge on any atom is -0.494 e. The number of halogens is 2. The minimum atomic E-state index is -1.43. The lowest BCUT2D eigenvalue weighted by atomic mass is 10.0. The van der Waals surface area contributed by atoms with E-state index in [0.717, 1.165) is 7.11 Å². The average molecular weight is 259 g/mol. The zero-order chi connectivity index (χ0) is 13.9. The van der Waals surface area contributed by atoms with E-state index in [9.17, 15) is 18.4 Å². The predicted molar refractivity (Wildman–Crippen MR) is 57.5 cm³/mol. The van der Waals surface area contributed by atoms with Gasteiger partial charge in [-0.3, -0.25) is 9.59 Å². The van der Waals surface area contributed by atoms with Crippen molar-refractivity contribution in [3.05, 3.63) is 29.3 Å². The summed E-state index contributed by atoms with van der Waals surface area (Å²) in [6.07, 6.45) is -0.661. The Bertz CT molecular complexity index is 490. The predicted octanol–water partition coefficient (Wildman–Crippen LogP) is 0.958. The Labute approximate surface area is 101 Å². The van der Waals surface area contributed by atoms with Gasteiger partial charge in [0.1, 0.15) is 5.82 Å². The van der Waals surface area contributed by atoms with E-state index >= 15 is 0 Å². The molecule has 0 aliphatic carbocycles. The quantitative estimate of drug-likeness (QED) is 0.769. The maximum Gasteiger partial charge on any atom is 0.305 e. The Balaban J connectivity index is 3.06. The fourth-order valence-electron chi connectivity index (χ4n) is 1.35. The van der Waals surface area contributed by atoms with Crippen LogP contribution in [0.15, 0.2) is 12.1 Å². The number of carboxylic acids is 1. The van der Waals surface area contributed by atoms with Crippen LogP contribution < -0.4 is 10.5 Å². The molecule has 0 fully saturated rings. The lowest BCUT2D eigenvalue weighted by Crippen LogP contribution is -2.33. The topological polar surface area (TPSA) is 89.6 Å². The van der Waals surface area contributed by atoms with Gasteiger partial charge in [0.05, 0.1) is 25.1 Å². The second-order valence-corrected chi connectivity index (χ2v) is 3.54. The molecule has 0 saturated heterocycles. The van der Waals surface area contributed by atoms with Crippen LogP contribution in [0.3, 0.4) is 0 Å². The number of carbonyl (C=O) groups excluding carboxylic acids is 1. The highest BCUT2D eigenvalue weighted by Gasteiger charge is 2.23. The lowest BCUT2D eigenvalue weighted by molar-refractivity contribution is -0.137. The van der Waals surface area contributed by atoms with E-state index in [2.05, 4.69) is 4.74 Å². The molecule has 3 N–H and O–H groups in total. The molecule has 0 bridgehead atoms. The number of hydrogen-bond acceptors (Lipinski definition) is 4. The number of ketones is 1. The van der Waals surface area contributed by atoms with Crippen molar-refractivity contribution in [2.75, 3.05) is 7.11 Å². The minimum absolute atomic E-state index is 0.351. The normalized spacial score (nSPS) is 12.0. The summed E-state index contributed by atoms with van der Waals surface area (Å²) in [6.45, 7) is 0. The molecule has 98 valence electrons. The van der Waals surface area contributed by atoms with Gasteiger partial charge in [-0.05, 0) is 6.07 Å². The number of carboxylic acid groups (broad SMARTS) is 1. The van der Waals surface area contributed by atoms with Gasteiger partial charge in [-0.2, -0.15) is 0 Å². The number of carbonyl (C=O) groups is 2. The molecule has 0 aliphatic heterocycles. The Kier molecular flexibility index (Phi) is 4.33. The molecular formula is C11H11F2NO4. The zero-order valence-corrected chi connectivity index (χ0v) is 9.44. The number of aliphatic carboxylic acids is 1. The van der Waals surface area contributed by atoms with E-state index in [1.165, 1.54) is 0 Å². The molecule has 1 aromatic carbocycles. The molecule has 0 amide bonds. The molecule has 0 radical (unpaired) electrons. The van der Waals surface area contributed by atoms with Crippen LogP contribution in [0.1, 0.15) is 16.8 Å². The monoisotopic (exact) mass is 259 g/mol. The van der Waals surface area contributed by atoms with E-state index in [1.54, 1.807) is 0 Å². The van der Waals surface area contributed by atoms with E-state index in [0.29, 0.717) is 12.1 Å². The number of hydrogen-bond donors (Lipinski definition) is 2. The van der Waals surface area contributed by atoms with Crippen LogP contribution in [0, 0.1) is 11.6 Å². The van der Waals surface area contributed by atoms with Crippen molar-refractivity contribution >= 4 is 11.8 Å². The molecule has 1 unspecified atom stereocenters. The van der Waals surface area contributed by atoms with Crippen LogP contribution in [0.4, 0.5) is 8.78 Å². The summed E-state index contributed by atoms with van der Waals surface area (Å²) in [6, 6.07) is -0.0846. The first-order valence-electron chi connectivity index (χ1n) is 4.91. The first-order chi connectivity index (χ1) is 8.36. The maximum absolute atomic E-state index is 13.5. The van der Waals surface area contributed by atoms with Crippen LogP contribution in [-0.4, -0.2) is 30.0 Å². The van der Waals surface area contributed by atoms with Gasteiger partial charge in [0, 0.05) is 6.07 Å². The van der Waals surface area contributed by atoms with Crippen molar-refractivity contribution in [2.45, 2.75) is 12.5 Å². The third-order valence-corrected chi connectivity index (χ3v) is 2.24. The average Bonchev–Trinajstić information content (AvgIpc) is 2.29. The van der Waals surface area contributed by atoms with Gasteiger partial charge < -0.3 is 15.6 Å². The van der Waals surface area contributed by atoms with Crippen molar-refractivity contribution in [3.63, 3.8) is 0 Å². The highest BCUT2D eigenvalue weighted by molar-refractivity contribution is 6.01. The summed E-state index contributed by atoms with van der Waals surface area (Å²) in [7, 11) is 1.15. The number of nitrogens with two attached hydrogens (primary N) is 1. The summed E-state index contributed by atoms with van der Waals surface area (Å²) >= 11 is 0. The second-order valence-electron chi connectivity index (χ2n) is 3.54. The van der Waals surface area contributed by atoms with Gasteiger partial charge in [0.25, 0.3) is 0 Å². The number of ether oxygens (including phenoxy) is 1. The molecule has 7 heteroatoms. The van der Waals surface area contributed by atoms with Crippen molar-refractivity contribution in [3.8, 4) is 5.75 Å². The number of rotatable bonds is 5. The smallest absolute Gasteiger partial charge is 0.305 e. The molecule has 1 aromatic rings. The van der Waals surface area contributed by atoms with Crippen LogP contribution >= 0.6 is 0 Å². The first-order valence-corrected chi connectivity index (χ1v) is 4.91. The van der Waals surface area contributed by atoms with E-state index in [1.807, 2.05) is 0 Å². The molecule has 0 aliphatic rings. The van der Waals surface area contributed by atoms with Crippen molar-refractivity contribution in [1.29, 1.82) is 0 Å². The molecule has 1 rings (SSSR count). The molecule has 0 spiro atoms. The van der Waals surface area contributed by atoms with Crippen molar-refractivity contribution in [1.82, 2.24) is 0 Å². The Morgan fingerprint density at radius 2 is 2.00 bits per heavy atom. The van der Waals surface area contributed by atoms with Gasteiger partial charge in [0.15, 0.2) is 17.3 Å². The standard InChI is InChI=1S/C11H11F2NO4/c1-18-9-3-6(12)5(2-7(9)13)11(17)8(14)4-10(15)16/h2-3,8H,4,14H2,1H3,(H,15,16). The molecular weight excluding hydrogens is 248 g/mol. The molecule has 0 aromatic heterocycles. The van der Waals surface area contributed by atoms with E-state index < -0.39 is 41.4 Å². The van der Waals surface area contributed by atoms with Gasteiger partial charge in [-0.25, -0.2) is 8.78 Å². The first kappa shape index (κ1) is 14.0. The lowest BCUT2D eigenvalue weighted by Gasteiger charge is -2.10.